The Morgan fingerprint density at radius 2 is 1.94 bits per heavy atom. The third kappa shape index (κ3) is 3.89. The predicted octanol–water partition coefficient (Wildman–Crippen LogP) is 2.22. The van der Waals surface area contributed by atoms with E-state index in [-0.39, 0.29) is 23.0 Å². The predicted molar refractivity (Wildman–Crippen MR) is 119 cm³/mol. The van der Waals surface area contributed by atoms with Gasteiger partial charge in [0.2, 0.25) is 5.91 Å². The van der Waals surface area contributed by atoms with Gasteiger partial charge in [0.15, 0.2) is 17.6 Å². The van der Waals surface area contributed by atoms with Crippen LogP contribution in [0.1, 0.15) is 32.7 Å². The van der Waals surface area contributed by atoms with Gasteiger partial charge in [-0.2, -0.15) is 0 Å². The van der Waals surface area contributed by atoms with E-state index in [0.29, 0.717) is 40.7 Å². The smallest absolute Gasteiger partial charge is 0.338 e. The molecule has 32 heavy (non-hydrogen) atoms. The van der Waals surface area contributed by atoms with Crippen LogP contribution in [-0.4, -0.2) is 50.1 Å². The number of aryl methyl sites for hydroxylation is 1. The number of ether oxygens (including phenoxy) is 1. The third-order valence-electron chi connectivity index (χ3n) is 5.37. The average Bonchev–Trinajstić information content (AvgIpc) is 3.12. The summed E-state index contributed by atoms with van der Waals surface area (Å²) >= 11 is 1.18. The Morgan fingerprint density at radius 1 is 1.12 bits per heavy atom. The molecule has 0 fully saturated rings. The number of nitrogens with zero attached hydrogens (tertiary/aromatic N) is 2. The highest BCUT2D eigenvalue weighted by molar-refractivity contribution is 8.15. The van der Waals surface area contributed by atoms with Crippen LogP contribution in [0.5, 0.6) is 0 Å². The lowest BCUT2D eigenvalue weighted by Gasteiger charge is -2.22. The van der Waals surface area contributed by atoms with Crippen LogP contribution >= 0.6 is 11.8 Å². The Hall–Kier alpha value is -3.18. The number of amides is 1. The minimum absolute atomic E-state index is 0.0530. The molecular weight excluding hydrogens is 454 g/mol. The number of anilines is 2. The Kier molecular flexibility index (Phi) is 5.01. The number of esters is 1. The quantitative estimate of drug-likeness (QED) is 0.532. The number of thioether (sulfide) groups is 1. The van der Waals surface area contributed by atoms with Crippen LogP contribution < -0.4 is 10.2 Å². The van der Waals surface area contributed by atoms with E-state index < -0.39 is 22.6 Å². The van der Waals surface area contributed by atoms with Gasteiger partial charge in [0, 0.05) is 29.1 Å². The minimum atomic E-state index is -3.46. The van der Waals surface area contributed by atoms with E-state index in [1.165, 1.54) is 11.8 Å². The molecular formula is C21H17N3O6S2. The second-order valence-electron chi connectivity index (χ2n) is 7.52. The molecule has 1 N–H and O–H groups in total. The fourth-order valence-corrected chi connectivity index (χ4v) is 6.01. The first kappa shape index (κ1) is 20.7. The van der Waals surface area contributed by atoms with Crippen LogP contribution in [0, 0.1) is 0 Å². The molecule has 0 saturated carbocycles. The van der Waals surface area contributed by atoms with Gasteiger partial charge in [0.25, 0.3) is 10.0 Å². The van der Waals surface area contributed by atoms with Crippen molar-refractivity contribution in [1.82, 2.24) is 0 Å². The van der Waals surface area contributed by atoms with E-state index in [0.717, 1.165) is 11.3 Å². The fraction of sp³-hybridized carbons (Fsp3) is 0.238. The molecule has 0 aliphatic carbocycles. The fourth-order valence-electron chi connectivity index (χ4n) is 3.71. The largest absolute Gasteiger partial charge is 0.454 e. The molecule has 164 valence electrons. The van der Waals surface area contributed by atoms with Crippen molar-refractivity contribution in [1.29, 1.82) is 0 Å². The lowest BCUT2D eigenvalue weighted by molar-refractivity contribution is -0.116. The van der Waals surface area contributed by atoms with Crippen molar-refractivity contribution in [3.63, 3.8) is 0 Å². The zero-order valence-electron chi connectivity index (χ0n) is 16.7. The first-order chi connectivity index (χ1) is 15.3. The Labute approximate surface area is 187 Å². The molecule has 0 saturated heterocycles. The van der Waals surface area contributed by atoms with Gasteiger partial charge in [0.1, 0.15) is 0 Å². The van der Waals surface area contributed by atoms with Gasteiger partial charge in [-0.25, -0.2) is 13.2 Å². The first-order valence-corrected chi connectivity index (χ1v) is 12.3. The summed E-state index contributed by atoms with van der Waals surface area (Å²) in [5.41, 5.74) is 3.03. The second kappa shape index (κ2) is 7.75. The van der Waals surface area contributed by atoms with Gasteiger partial charge in [-0.15, -0.1) is 4.40 Å². The monoisotopic (exact) mass is 471 g/mol. The van der Waals surface area contributed by atoms with E-state index in [1.807, 2.05) is 0 Å². The molecule has 11 heteroatoms. The summed E-state index contributed by atoms with van der Waals surface area (Å²) in [7, 11) is -3.46. The maximum Gasteiger partial charge on any atom is 0.338 e. The van der Waals surface area contributed by atoms with Gasteiger partial charge in [-0.3, -0.25) is 9.59 Å². The standard InChI is InChI=1S/C21H17N3O6S2/c25-17(13-1-4-15-12(9-13)3-6-19(26)22-15)11-30-20(27)14-2-5-16-18(10-14)31-21-23-32(28,29)8-7-24(16)21/h1-2,4-5,9-10H,3,6-8,11H2,(H,22,26). The topological polar surface area (TPSA) is 122 Å². The molecule has 2 aromatic rings. The number of hydrogen-bond donors (Lipinski definition) is 1. The molecule has 0 bridgehead atoms. The van der Waals surface area contributed by atoms with Crippen molar-refractivity contribution < 1.29 is 27.5 Å². The molecule has 3 aliphatic heterocycles. The third-order valence-corrected chi connectivity index (χ3v) is 7.67. The number of carbonyl (C=O) groups excluding carboxylic acids is 3. The molecule has 0 atom stereocenters. The van der Waals surface area contributed by atoms with E-state index in [4.69, 9.17) is 4.74 Å². The first-order valence-electron chi connectivity index (χ1n) is 9.84. The van der Waals surface area contributed by atoms with Gasteiger partial charge >= 0.3 is 5.97 Å². The SMILES string of the molecule is O=C1CCc2cc(C(=O)COC(=O)c3ccc4c(c3)SC3=NS(=O)(=O)CCN34)ccc2N1. The van der Waals surface area contributed by atoms with E-state index in [9.17, 15) is 22.8 Å². The molecule has 3 heterocycles. The van der Waals surface area contributed by atoms with Crippen molar-refractivity contribution in [2.45, 2.75) is 17.7 Å². The Bertz CT molecular complexity index is 1320. The van der Waals surface area contributed by atoms with Gasteiger partial charge in [-0.05, 0) is 60.1 Å². The number of nitrogens with one attached hydrogen (secondary N) is 1. The Balaban J connectivity index is 1.26. The van der Waals surface area contributed by atoms with Crippen LogP contribution in [-0.2, 0) is 26.0 Å². The highest BCUT2D eigenvalue weighted by atomic mass is 32.2. The van der Waals surface area contributed by atoms with Gasteiger partial charge in [-0.1, -0.05) is 0 Å². The van der Waals surface area contributed by atoms with Crippen molar-refractivity contribution in [2.24, 2.45) is 4.40 Å². The number of benzene rings is 2. The number of sulfonamides is 1. The summed E-state index contributed by atoms with van der Waals surface area (Å²) < 4.78 is 32.5. The normalized spacial score (nSPS) is 18.1. The van der Waals surface area contributed by atoms with Gasteiger partial charge < -0.3 is 15.0 Å². The molecule has 0 radical (unpaired) electrons. The number of hydrogen-bond acceptors (Lipinski definition) is 8. The molecule has 0 spiro atoms. The number of Topliss-reactive ketones (excluding diaryl/α,β-unsaturated/α-hetero) is 1. The van der Waals surface area contributed by atoms with Crippen molar-refractivity contribution in [2.75, 3.05) is 29.1 Å². The number of amidine groups is 1. The minimum Gasteiger partial charge on any atom is -0.454 e. The maximum absolute atomic E-state index is 12.5. The summed E-state index contributed by atoms with van der Waals surface area (Å²) in [6.07, 6.45) is 0.921. The van der Waals surface area contributed by atoms with Crippen LogP contribution in [0.15, 0.2) is 45.7 Å². The summed E-state index contributed by atoms with van der Waals surface area (Å²) in [6.45, 7) is -0.102. The van der Waals surface area contributed by atoms with E-state index in [1.54, 1.807) is 41.3 Å². The summed E-state index contributed by atoms with van der Waals surface area (Å²) in [4.78, 5) is 39.0. The second-order valence-corrected chi connectivity index (χ2v) is 10.3. The maximum atomic E-state index is 12.5. The van der Waals surface area contributed by atoms with Crippen molar-refractivity contribution >= 4 is 56.0 Å². The molecule has 5 rings (SSSR count). The van der Waals surface area contributed by atoms with E-state index in [2.05, 4.69) is 9.71 Å². The van der Waals surface area contributed by atoms with Crippen LogP contribution in [0.3, 0.4) is 0 Å². The molecule has 3 aliphatic rings. The van der Waals surface area contributed by atoms with Crippen LogP contribution in [0.4, 0.5) is 11.4 Å². The lowest BCUT2D eigenvalue weighted by Crippen LogP contribution is -2.35. The van der Waals surface area contributed by atoms with Crippen LogP contribution in [0.2, 0.25) is 0 Å². The van der Waals surface area contributed by atoms with Crippen LogP contribution in [0.25, 0.3) is 0 Å². The van der Waals surface area contributed by atoms with Gasteiger partial charge in [0.05, 0.1) is 17.0 Å². The molecule has 1 amide bonds. The average molecular weight is 472 g/mol. The van der Waals surface area contributed by atoms with E-state index >= 15 is 0 Å². The Morgan fingerprint density at radius 3 is 2.78 bits per heavy atom. The molecule has 9 nitrogen and oxygen atoms in total. The summed E-state index contributed by atoms with van der Waals surface area (Å²) in [5.74, 6) is -1.10. The summed E-state index contributed by atoms with van der Waals surface area (Å²) in [5, 5.41) is 3.13. The molecule has 0 unspecified atom stereocenters. The number of fused-ring (bicyclic) bond motifs is 4. The summed E-state index contributed by atoms with van der Waals surface area (Å²) in [6, 6.07) is 9.90. The molecule has 2 aromatic carbocycles. The zero-order chi connectivity index (χ0) is 22.5. The number of ketones is 1. The van der Waals surface area contributed by atoms with Crippen molar-refractivity contribution in [3.05, 3.63) is 53.1 Å². The highest BCUT2D eigenvalue weighted by Gasteiger charge is 2.33. The highest BCUT2D eigenvalue weighted by Crippen LogP contribution is 2.42. The zero-order valence-corrected chi connectivity index (χ0v) is 18.3. The lowest BCUT2D eigenvalue weighted by atomic mass is 9.99. The molecule has 0 aromatic heterocycles. The number of rotatable bonds is 4. The number of carbonyl (C=O) groups is 3. The van der Waals surface area contributed by atoms with Crippen molar-refractivity contribution in [3.8, 4) is 0 Å².